The van der Waals surface area contributed by atoms with Crippen molar-refractivity contribution in [1.29, 1.82) is 0 Å². The molecule has 132 valence electrons. The first-order valence-electron chi connectivity index (χ1n) is 9.37. The summed E-state index contributed by atoms with van der Waals surface area (Å²) in [5.41, 5.74) is 1.76. The Labute approximate surface area is 148 Å². The van der Waals surface area contributed by atoms with Crippen LogP contribution in [-0.4, -0.2) is 27.8 Å². The molecule has 2 heterocycles. The fraction of sp³-hybridized carbons (Fsp3) is 0.500. The number of rotatable bonds is 4. The van der Waals surface area contributed by atoms with Gasteiger partial charge in [-0.1, -0.05) is 18.2 Å². The minimum atomic E-state index is -0.0330. The number of benzene rings is 1. The standard InChI is InChI=1S/C20H25N3O2/c24-20(19-14-16-6-4-5-13-23(16)22-19)21-15-9-11-18(12-10-15)25-17-7-2-1-3-8-17/h1-3,7-8,14-15,18H,4-6,9-13H2,(H,21,24). The van der Waals surface area contributed by atoms with Crippen molar-refractivity contribution in [3.8, 4) is 5.75 Å². The number of ether oxygens (including phenoxy) is 1. The van der Waals surface area contributed by atoms with E-state index in [0.29, 0.717) is 5.69 Å². The molecule has 5 heteroatoms. The normalized spacial score (nSPS) is 22.9. The van der Waals surface area contributed by atoms with E-state index in [4.69, 9.17) is 4.74 Å². The highest BCUT2D eigenvalue weighted by Crippen LogP contribution is 2.24. The van der Waals surface area contributed by atoms with Gasteiger partial charge in [0.25, 0.3) is 5.91 Å². The summed E-state index contributed by atoms with van der Waals surface area (Å²) in [6.07, 6.45) is 7.48. The first kappa shape index (κ1) is 16.2. The van der Waals surface area contributed by atoms with Crippen molar-refractivity contribution in [3.05, 3.63) is 47.8 Å². The summed E-state index contributed by atoms with van der Waals surface area (Å²) < 4.78 is 8.01. The number of para-hydroxylation sites is 1. The fourth-order valence-corrected chi connectivity index (χ4v) is 3.80. The Kier molecular flexibility index (Phi) is 4.72. The predicted octanol–water partition coefficient (Wildman–Crippen LogP) is 3.34. The third kappa shape index (κ3) is 3.86. The number of nitrogens with zero attached hydrogens (tertiary/aromatic N) is 2. The van der Waals surface area contributed by atoms with Gasteiger partial charge in [0.2, 0.25) is 0 Å². The van der Waals surface area contributed by atoms with Gasteiger partial charge in [-0.25, -0.2) is 0 Å². The van der Waals surface area contributed by atoms with Crippen LogP contribution in [0.2, 0.25) is 0 Å². The van der Waals surface area contributed by atoms with Crippen molar-refractivity contribution in [1.82, 2.24) is 15.1 Å². The van der Waals surface area contributed by atoms with Gasteiger partial charge in [-0.15, -0.1) is 0 Å². The van der Waals surface area contributed by atoms with Crippen LogP contribution in [0.5, 0.6) is 5.75 Å². The Bertz CT molecular complexity index is 694. The van der Waals surface area contributed by atoms with Crippen LogP contribution in [0.15, 0.2) is 36.4 Å². The van der Waals surface area contributed by atoms with Gasteiger partial charge in [-0.3, -0.25) is 9.48 Å². The van der Waals surface area contributed by atoms with Crippen LogP contribution >= 0.6 is 0 Å². The second-order valence-electron chi connectivity index (χ2n) is 7.08. The molecular formula is C20H25N3O2. The zero-order valence-electron chi connectivity index (χ0n) is 14.5. The van der Waals surface area contributed by atoms with E-state index in [2.05, 4.69) is 10.4 Å². The van der Waals surface area contributed by atoms with Crippen LogP contribution in [-0.2, 0) is 13.0 Å². The zero-order valence-corrected chi connectivity index (χ0v) is 14.5. The summed E-state index contributed by atoms with van der Waals surface area (Å²) in [5.74, 6) is 0.896. The first-order valence-corrected chi connectivity index (χ1v) is 9.37. The van der Waals surface area contributed by atoms with E-state index in [1.54, 1.807) is 0 Å². The summed E-state index contributed by atoms with van der Waals surface area (Å²) >= 11 is 0. The molecule has 0 radical (unpaired) electrons. The number of hydrogen-bond acceptors (Lipinski definition) is 3. The molecule has 25 heavy (non-hydrogen) atoms. The van der Waals surface area contributed by atoms with Gasteiger partial charge in [0.15, 0.2) is 0 Å². The molecule has 1 aromatic heterocycles. The molecular weight excluding hydrogens is 314 g/mol. The minimum Gasteiger partial charge on any atom is -0.490 e. The number of amides is 1. The quantitative estimate of drug-likeness (QED) is 0.929. The topological polar surface area (TPSA) is 56.1 Å². The molecule has 0 atom stereocenters. The lowest BCUT2D eigenvalue weighted by molar-refractivity contribution is 0.0888. The van der Waals surface area contributed by atoms with E-state index in [-0.39, 0.29) is 18.1 Å². The SMILES string of the molecule is O=C(NC1CCC(Oc2ccccc2)CC1)c1cc2n(n1)CCCC2. The van der Waals surface area contributed by atoms with Crippen molar-refractivity contribution >= 4 is 5.91 Å². The number of fused-ring (bicyclic) bond motifs is 1. The summed E-state index contributed by atoms with van der Waals surface area (Å²) in [5, 5.41) is 7.63. The molecule has 1 aliphatic carbocycles. The van der Waals surface area contributed by atoms with E-state index in [1.165, 1.54) is 12.1 Å². The maximum Gasteiger partial charge on any atom is 0.272 e. The Hall–Kier alpha value is -2.30. The van der Waals surface area contributed by atoms with Crippen molar-refractivity contribution < 1.29 is 9.53 Å². The van der Waals surface area contributed by atoms with Crippen LogP contribution < -0.4 is 10.1 Å². The number of carbonyl (C=O) groups is 1. The van der Waals surface area contributed by atoms with Gasteiger partial charge < -0.3 is 10.1 Å². The second kappa shape index (κ2) is 7.30. The molecule has 5 nitrogen and oxygen atoms in total. The number of nitrogens with one attached hydrogen (secondary N) is 1. The average molecular weight is 339 g/mol. The molecule has 1 aliphatic heterocycles. The second-order valence-corrected chi connectivity index (χ2v) is 7.08. The van der Waals surface area contributed by atoms with Gasteiger partial charge in [0.05, 0.1) is 6.10 Å². The molecule has 2 aromatic rings. The summed E-state index contributed by atoms with van der Waals surface area (Å²) in [6.45, 7) is 0.935. The summed E-state index contributed by atoms with van der Waals surface area (Å²) in [4.78, 5) is 12.5. The number of carbonyl (C=O) groups excluding carboxylic acids is 1. The molecule has 1 fully saturated rings. The molecule has 1 amide bonds. The van der Waals surface area contributed by atoms with Crippen molar-refractivity contribution in [2.24, 2.45) is 0 Å². The summed E-state index contributed by atoms with van der Waals surface area (Å²) in [6, 6.07) is 12.1. The maximum absolute atomic E-state index is 12.5. The van der Waals surface area contributed by atoms with Gasteiger partial charge in [-0.2, -0.15) is 5.10 Å². The highest BCUT2D eigenvalue weighted by Gasteiger charge is 2.25. The molecule has 0 unspecified atom stereocenters. The van der Waals surface area contributed by atoms with Crippen molar-refractivity contribution in [2.75, 3.05) is 0 Å². The van der Waals surface area contributed by atoms with Crippen molar-refractivity contribution in [2.45, 2.75) is 63.6 Å². The third-order valence-corrected chi connectivity index (χ3v) is 5.20. The molecule has 0 spiro atoms. The van der Waals surface area contributed by atoms with Crippen LogP contribution in [0.3, 0.4) is 0 Å². The maximum atomic E-state index is 12.5. The molecule has 0 saturated heterocycles. The van der Waals surface area contributed by atoms with Gasteiger partial charge in [0.1, 0.15) is 11.4 Å². The highest BCUT2D eigenvalue weighted by molar-refractivity contribution is 5.92. The minimum absolute atomic E-state index is 0.0330. The number of hydrogen-bond donors (Lipinski definition) is 1. The van der Waals surface area contributed by atoms with Crippen LogP contribution in [0.25, 0.3) is 0 Å². The van der Waals surface area contributed by atoms with Crippen LogP contribution in [0, 0.1) is 0 Å². The van der Waals surface area contributed by atoms with E-state index < -0.39 is 0 Å². The largest absolute Gasteiger partial charge is 0.490 e. The third-order valence-electron chi connectivity index (χ3n) is 5.20. The first-order chi connectivity index (χ1) is 12.3. The Morgan fingerprint density at radius 1 is 1.12 bits per heavy atom. The molecule has 1 aromatic carbocycles. The van der Waals surface area contributed by atoms with E-state index in [0.717, 1.165) is 50.8 Å². The lowest BCUT2D eigenvalue weighted by Crippen LogP contribution is -2.39. The fourth-order valence-electron chi connectivity index (χ4n) is 3.80. The predicted molar refractivity (Wildman–Crippen MR) is 95.7 cm³/mol. The lowest BCUT2D eigenvalue weighted by atomic mass is 9.93. The van der Waals surface area contributed by atoms with Gasteiger partial charge in [-0.05, 0) is 63.1 Å². The van der Waals surface area contributed by atoms with E-state index >= 15 is 0 Å². The Balaban J connectivity index is 1.28. The Morgan fingerprint density at radius 2 is 1.92 bits per heavy atom. The lowest BCUT2D eigenvalue weighted by Gasteiger charge is -2.29. The van der Waals surface area contributed by atoms with E-state index in [9.17, 15) is 4.79 Å². The number of aromatic nitrogens is 2. The van der Waals surface area contributed by atoms with Crippen LogP contribution in [0.4, 0.5) is 0 Å². The molecule has 1 N–H and O–H groups in total. The molecule has 0 bridgehead atoms. The smallest absolute Gasteiger partial charge is 0.272 e. The van der Waals surface area contributed by atoms with Gasteiger partial charge >= 0.3 is 0 Å². The van der Waals surface area contributed by atoms with Crippen molar-refractivity contribution in [3.63, 3.8) is 0 Å². The zero-order chi connectivity index (χ0) is 17.1. The Morgan fingerprint density at radius 3 is 2.68 bits per heavy atom. The molecule has 2 aliphatic rings. The highest BCUT2D eigenvalue weighted by atomic mass is 16.5. The van der Waals surface area contributed by atoms with Crippen LogP contribution in [0.1, 0.15) is 54.7 Å². The van der Waals surface area contributed by atoms with E-state index in [1.807, 2.05) is 41.1 Å². The van der Waals surface area contributed by atoms with Gasteiger partial charge in [0, 0.05) is 18.3 Å². The average Bonchev–Trinajstić information content (AvgIpc) is 3.09. The number of aryl methyl sites for hydroxylation is 2. The monoisotopic (exact) mass is 339 g/mol. The molecule has 4 rings (SSSR count). The molecule has 1 saturated carbocycles. The summed E-state index contributed by atoms with van der Waals surface area (Å²) in [7, 11) is 0.